The van der Waals surface area contributed by atoms with Gasteiger partial charge in [0, 0.05) is 5.56 Å². The van der Waals surface area contributed by atoms with Gasteiger partial charge in [0.1, 0.15) is 0 Å². The Balaban J connectivity index is 3.36. The van der Waals surface area contributed by atoms with Crippen LogP contribution in [0.3, 0.4) is 0 Å². The second-order valence-electron chi connectivity index (χ2n) is 2.64. The Morgan fingerprint density at radius 1 is 1.33 bits per heavy atom. The number of rotatable bonds is 1. The summed E-state index contributed by atoms with van der Waals surface area (Å²) in [5.74, 6) is 3.73. The largest absolute Gasteiger partial charge is 0.416 e. The molecule has 2 N–H and O–H groups in total. The Labute approximate surface area is 87.3 Å². The molecule has 0 heterocycles. The molecule has 0 aliphatic rings. The van der Waals surface area contributed by atoms with E-state index in [-0.39, 0.29) is 0 Å². The van der Waals surface area contributed by atoms with Crippen LogP contribution in [0.25, 0.3) is 0 Å². The predicted molar refractivity (Wildman–Crippen MR) is 48.2 cm³/mol. The van der Waals surface area contributed by atoms with Gasteiger partial charge in [0.25, 0.3) is 0 Å². The first kappa shape index (κ1) is 11.8. The number of hydrogen-bond acceptors (Lipinski definition) is 2. The molecule has 0 spiro atoms. The molecule has 0 aromatic heterocycles. The number of benzene rings is 1. The summed E-state index contributed by atoms with van der Waals surface area (Å²) in [6.07, 6.45) is -3.83. The van der Waals surface area contributed by atoms with Gasteiger partial charge in [0.2, 0.25) is 0 Å². The summed E-state index contributed by atoms with van der Waals surface area (Å²) in [6.45, 7) is 0. The maximum Gasteiger partial charge on any atom is 0.416 e. The lowest BCUT2D eigenvalue weighted by Gasteiger charge is -2.08. The van der Waals surface area contributed by atoms with E-state index in [1.807, 2.05) is 0 Å². The van der Waals surface area contributed by atoms with E-state index in [0.717, 1.165) is 6.21 Å². The number of nitrogens with zero attached hydrogens (tertiary/aromatic N) is 1. The minimum Gasteiger partial charge on any atom is -0.323 e. The highest BCUT2D eigenvalue weighted by Gasteiger charge is 2.32. The molecule has 0 aliphatic carbocycles. The molecule has 0 fully saturated rings. The van der Waals surface area contributed by atoms with Gasteiger partial charge in [-0.25, -0.2) is 4.39 Å². The van der Waals surface area contributed by atoms with E-state index >= 15 is 0 Å². The molecule has 15 heavy (non-hydrogen) atoms. The highest BCUT2D eigenvalue weighted by atomic mass is 35.5. The molecule has 2 nitrogen and oxygen atoms in total. The molecule has 0 saturated heterocycles. The van der Waals surface area contributed by atoms with E-state index in [9.17, 15) is 17.6 Å². The van der Waals surface area contributed by atoms with Crippen LogP contribution in [-0.2, 0) is 6.18 Å². The van der Waals surface area contributed by atoms with Crippen LogP contribution in [0.1, 0.15) is 11.1 Å². The van der Waals surface area contributed by atoms with Crippen LogP contribution >= 0.6 is 11.6 Å². The molecule has 0 saturated carbocycles. The summed E-state index contributed by atoms with van der Waals surface area (Å²) < 4.78 is 49.9. The van der Waals surface area contributed by atoms with E-state index in [4.69, 9.17) is 17.4 Å². The Hall–Kier alpha value is -1.30. The quantitative estimate of drug-likeness (QED) is 0.349. The third-order valence-corrected chi connectivity index (χ3v) is 1.87. The lowest BCUT2D eigenvalue weighted by molar-refractivity contribution is -0.137. The first-order valence-corrected chi connectivity index (χ1v) is 4.03. The molecule has 1 aromatic carbocycles. The van der Waals surface area contributed by atoms with Gasteiger partial charge in [-0.3, -0.25) is 0 Å². The lowest BCUT2D eigenvalue weighted by atomic mass is 10.1. The van der Waals surface area contributed by atoms with Gasteiger partial charge in [-0.1, -0.05) is 11.6 Å². The minimum absolute atomic E-state index is 0.405. The van der Waals surface area contributed by atoms with Crippen molar-refractivity contribution >= 4 is 17.8 Å². The Bertz CT molecular complexity index is 400. The van der Waals surface area contributed by atoms with Crippen molar-refractivity contribution in [3.05, 3.63) is 34.1 Å². The van der Waals surface area contributed by atoms with Crippen molar-refractivity contribution in [2.45, 2.75) is 6.18 Å². The van der Waals surface area contributed by atoms with Gasteiger partial charge in [-0.15, -0.1) is 0 Å². The fraction of sp³-hybridized carbons (Fsp3) is 0.125. The molecule has 0 radical (unpaired) electrons. The lowest BCUT2D eigenvalue weighted by Crippen LogP contribution is -2.07. The van der Waals surface area contributed by atoms with Crippen molar-refractivity contribution in [3.8, 4) is 0 Å². The first-order chi connectivity index (χ1) is 6.86. The van der Waals surface area contributed by atoms with E-state index in [1.54, 1.807) is 0 Å². The summed E-state index contributed by atoms with van der Waals surface area (Å²) in [6, 6.07) is 1.09. The van der Waals surface area contributed by atoms with Crippen LogP contribution in [0.15, 0.2) is 17.2 Å². The van der Waals surface area contributed by atoms with Gasteiger partial charge in [0.05, 0.1) is 16.8 Å². The van der Waals surface area contributed by atoms with E-state index in [0.29, 0.717) is 12.1 Å². The third-order valence-electron chi connectivity index (χ3n) is 1.60. The molecule has 0 bridgehead atoms. The Morgan fingerprint density at radius 3 is 2.40 bits per heavy atom. The van der Waals surface area contributed by atoms with Crippen LogP contribution in [0.5, 0.6) is 0 Å². The second-order valence-corrected chi connectivity index (χ2v) is 3.04. The molecule has 0 atom stereocenters. The van der Waals surface area contributed by atoms with Gasteiger partial charge < -0.3 is 5.84 Å². The number of nitrogens with two attached hydrogens (primary N) is 1. The zero-order valence-electron chi connectivity index (χ0n) is 7.15. The summed E-state index contributed by atoms with van der Waals surface area (Å²) in [5, 5.41) is 2.31. The first-order valence-electron chi connectivity index (χ1n) is 3.65. The number of hydrazone groups is 1. The number of hydrogen-bond donors (Lipinski definition) is 1. The fourth-order valence-corrected chi connectivity index (χ4v) is 1.17. The topological polar surface area (TPSA) is 38.4 Å². The monoisotopic (exact) mass is 240 g/mol. The van der Waals surface area contributed by atoms with Crippen molar-refractivity contribution in [3.63, 3.8) is 0 Å². The zero-order chi connectivity index (χ0) is 11.6. The Kier molecular flexibility index (Phi) is 3.18. The highest BCUT2D eigenvalue weighted by molar-refractivity contribution is 6.31. The summed E-state index contributed by atoms with van der Waals surface area (Å²) >= 11 is 5.28. The fourth-order valence-electron chi connectivity index (χ4n) is 0.948. The second kappa shape index (κ2) is 4.06. The number of alkyl halides is 3. The molecule has 7 heteroatoms. The van der Waals surface area contributed by atoms with E-state index in [2.05, 4.69) is 5.10 Å². The predicted octanol–water partition coefficient (Wildman–Crippen LogP) is 2.79. The molecule has 82 valence electrons. The molecule has 1 aromatic rings. The van der Waals surface area contributed by atoms with Gasteiger partial charge >= 0.3 is 6.18 Å². The summed E-state index contributed by atoms with van der Waals surface area (Å²) in [7, 11) is 0. The van der Waals surface area contributed by atoms with Crippen LogP contribution in [0, 0.1) is 5.82 Å². The van der Waals surface area contributed by atoms with Crippen molar-refractivity contribution in [2.24, 2.45) is 10.9 Å². The van der Waals surface area contributed by atoms with Gasteiger partial charge in [0.15, 0.2) is 5.82 Å². The third kappa shape index (κ3) is 2.59. The van der Waals surface area contributed by atoms with Gasteiger partial charge in [-0.05, 0) is 12.1 Å². The van der Waals surface area contributed by atoms with Crippen LogP contribution in [0.4, 0.5) is 17.6 Å². The maximum atomic E-state index is 13.1. The van der Waals surface area contributed by atoms with Crippen LogP contribution < -0.4 is 5.84 Å². The number of halogens is 5. The smallest absolute Gasteiger partial charge is 0.323 e. The molecular weight excluding hydrogens is 236 g/mol. The minimum atomic E-state index is -4.59. The molecule has 0 aliphatic heterocycles. The average Bonchev–Trinajstić information content (AvgIpc) is 2.11. The SMILES string of the molecule is NN=Cc1cc(C(F)(F)F)cc(Cl)c1F. The van der Waals surface area contributed by atoms with E-state index in [1.165, 1.54) is 0 Å². The van der Waals surface area contributed by atoms with Crippen molar-refractivity contribution < 1.29 is 17.6 Å². The molecule has 0 unspecified atom stereocenters. The van der Waals surface area contributed by atoms with Crippen LogP contribution in [-0.4, -0.2) is 6.21 Å². The normalized spacial score (nSPS) is 12.3. The van der Waals surface area contributed by atoms with Crippen LogP contribution in [0.2, 0.25) is 5.02 Å². The molecule has 1 rings (SSSR count). The summed E-state index contributed by atoms with van der Waals surface area (Å²) in [4.78, 5) is 0. The Morgan fingerprint density at radius 2 is 1.93 bits per heavy atom. The van der Waals surface area contributed by atoms with Crippen molar-refractivity contribution in [1.82, 2.24) is 0 Å². The van der Waals surface area contributed by atoms with E-state index < -0.39 is 28.1 Å². The molecular formula is C8H5ClF4N2. The summed E-state index contributed by atoms with van der Waals surface area (Å²) in [5.41, 5.74) is -1.46. The van der Waals surface area contributed by atoms with Crippen molar-refractivity contribution in [1.29, 1.82) is 0 Å². The average molecular weight is 241 g/mol. The highest BCUT2D eigenvalue weighted by Crippen LogP contribution is 2.32. The van der Waals surface area contributed by atoms with Crippen molar-refractivity contribution in [2.75, 3.05) is 0 Å². The maximum absolute atomic E-state index is 13.1. The molecule has 0 amide bonds. The standard InChI is InChI=1S/C8H5ClF4N2/c9-6-2-5(8(11,12)13)1-4(3-15-14)7(6)10/h1-3H,14H2. The zero-order valence-corrected chi connectivity index (χ0v) is 7.90. The van der Waals surface area contributed by atoms with Gasteiger partial charge in [-0.2, -0.15) is 18.3 Å².